The van der Waals surface area contributed by atoms with E-state index in [4.69, 9.17) is 5.26 Å². The molecule has 6 heteroatoms. The van der Waals surface area contributed by atoms with Crippen LogP contribution in [0.5, 0.6) is 0 Å². The number of nitrogens with zero attached hydrogens (tertiary/aromatic N) is 4. The normalized spacial score (nSPS) is 9.61. The first-order valence-corrected chi connectivity index (χ1v) is 5.95. The minimum atomic E-state index is -0.194. The van der Waals surface area contributed by atoms with Crippen molar-refractivity contribution in [3.8, 4) is 6.07 Å². The first-order valence-electron chi connectivity index (χ1n) is 5.95. The fourth-order valence-electron chi connectivity index (χ4n) is 1.49. The number of carbonyl (C=O) groups is 1. The lowest BCUT2D eigenvalue weighted by atomic mass is 10.3. The molecule has 0 radical (unpaired) electrons. The van der Waals surface area contributed by atoms with Gasteiger partial charge in [-0.2, -0.15) is 5.26 Å². The number of hydrogen-bond acceptors (Lipinski definition) is 5. The summed E-state index contributed by atoms with van der Waals surface area (Å²) in [6.07, 6.45) is 3.34. The van der Waals surface area contributed by atoms with Crippen molar-refractivity contribution in [3.05, 3.63) is 18.1 Å². The third-order valence-electron chi connectivity index (χ3n) is 2.37. The van der Waals surface area contributed by atoms with E-state index in [9.17, 15) is 4.79 Å². The second kappa shape index (κ2) is 7.22. The van der Waals surface area contributed by atoms with Gasteiger partial charge in [-0.3, -0.25) is 9.78 Å². The van der Waals surface area contributed by atoms with Gasteiger partial charge in [0.25, 0.3) is 5.91 Å². The van der Waals surface area contributed by atoms with E-state index in [0.29, 0.717) is 31.0 Å². The molecule has 96 valence electrons. The van der Waals surface area contributed by atoms with Crippen LogP contribution in [0.1, 0.15) is 30.8 Å². The van der Waals surface area contributed by atoms with Crippen molar-refractivity contribution >= 4 is 11.7 Å². The lowest BCUT2D eigenvalue weighted by molar-refractivity contribution is 0.0761. The summed E-state index contributed by atoms with van der Waals surface area (Å²) in [6, 6.07) is 2.03. The van der Waals surface area contributed by atoms with Crippen molar-refractivity contribution in [2.24, 2.45) is 0 Å². The van der Waals surface area contributed by atoms with E-state index in [1.54, 1.807) is 11.1 Å². The predicted octanol–water partition coefficient (Wildman–Crippen LogP) is 1.28. The van der Waals surface area contributed by atoms with E-state index < -0.39 is 0 Å². The van der Waals surface area contributed by atoms with E-state index in [2.05, 4.69) is 15.3 Å². The van der Waals surface area contributed by atoms with Crippen molar-refractivity contribution in [2.45, 2.75) is 20.3 Å². The SMILES string of the molecule is CCNc1cncc(C(=O)N(CC)CCC#N)n1. The molecule has 0 fully saturated rings. The topological polar surface area (TPSA) is 81.9 Å². The number of anilines is 1. The zero-order valence-electron chi connectivity index (χ0n) is 10.7. The fourth-order valence-corrected chi connectivity index (χ4v) is 1.49. The van der Waals surface area contributed by atoms with Gasteiger partial charge in [-0.05, 0) is 13.8 Å². The highest BCUT2D eigenvalue weighted by Crippen LogP contribution is 2.06. The van der Waals surface area contributed by atoms with Crippen LogP contribution in [0.3, 0.4) is 0 Å². The molecule has 0 aromatic carbocycles. The van der Waals surface area contributed by atoms with Gasteiger partial charge in [-0.25, -0.2) is 4.98 Å². The molecule has 1 rings (SSSR count). The van der Waals surface area contributed by atoms with Gasteiger partial charge in [0.15, 0.2) is 0 Å². The number of nitrogens with one attached hydrogen (secondary N) is 1. The minimum Gasteiger partial charge on any atom is -0.369 e. The molecule has 1 heterocycles. The molecule has 0 aliphatic heterocycles. The average molecular weight is 247 g/mol. The molecule has 6 nitrogen and oxygen atoms in total. The summed E-state index contributed by atoms with van der Waals surface area (Å²) in [5, 5.41) is 11.6. The molecule has 0 aliphatic carbocycles. The first-order chi connectivity index (χ1) is 8.72. The quantitative estimate of drug-likeness (QED) is 0.819. The number of hydrogen-bond donors (Lipinski definition) is 1. The summed E-state index contributed by atoms with van der Waals surface area (Å²) < 4.78 is 0. The van der Waals surface area contributed by atoms with Crippen LogP contribution in [0.15, 0.2) is 12.4 Å². The molecule has 0 saturated carbocycles. The average Bonchev–Trinajstić information content (AvgIpc) is 2.40. The molecule has 0 aliphatic rings. The number of nitriles is 1. The Morgan fingerprint density at radius 2 is 2.28 bits per heavy atom. The van der Waals surface area contributed by atoms with Crippen LogP contribution in [-0.4, -0.2) is 40.4 Å². The second-order valence-electron chi connectivity index (χ2n) is 3.61. The van der Waals surface area contributed by atoms with Gasteiger partial charge in [0.1, 0.15) is 11.5 Å². The third kappa shape index (κ3) is 3.70. The maximum Gasteiger partial charge on any atom is 0.274 e. The summed E-state index contributed by atoms with van der Waals surface area (Å²) in [4.78, 5) is 21.9. The van der Waals surface area contributed by atoms with Gasteiger partial charge in [-0.1, -0.05) is 0 Å². The van der Waals surface area contributed by atoms with E-state index in [-0.39, 0.29) is 5.91 Å². The summed E-state index contributed by atoms with van der Waals surface area (Å²) in [5.41, 5.74) is 0.299. The maximum absolute atomic E-state index is 12.1. The highest BCUT2D eigenvalue weighted by molar-refractivity contribution is 5.92. The molecule has 0 saturated heterocycles. The van der Waals surface area contributed by atoms with Crippen LogP contribution < -0.4 is 5.32 Å². The molecular weight excluding hydrogens is 230 g/mol. The second-order valence-corrected chi connectivity index (χ2v) is 3.61. The Labute approximate surface area is 107 Å². The predicted molar refractivity (Wildman–Crippen MR) is 68.0 cm³/mol. The third-order valence-corrected chi connectivity index (χ3v) is 2.37. The van der Waals surface area contributed by atoms with Crippen molar-refractivity contribution in [1.82, 2.24) is 14.9 Å². The van der Waals surface area contributed by atoms with Gasteiger partial charge in [0.05, 0.1) is 24.9 Å². The standard InChI is InChI=1S/C12H17N5O/c1-3-15-11-9-14-8-10(16-11)12(18)17(4-2)7-5-6-13/h8-9H,3-5,7H2,1-2H3,(H,15,16). The molecule has 0 atom stereocenters. The molecule has 1 aromatic heterocycles. The van der Waals surface area contributed by atoms with E-state index in [0.717, 1.165) is 6.54 Å². The smallest absolute Gasteiger partial charge is 0.274 e. The summed E-state index contributed by atoms with van der Waals surface area (Å²) in [6.45, 7) is 5.50. The molecule has 0 bridgehead atoms. The summed E-state index contributed by atoms with van der Waals surface area (Å²) >= 11 is 0. The van der Waals surface area contributed by atoms with E-state index in [1.165, 1.54) is 6.20 Å². The maximum atomic E-state index is 12.1. The Balaban J connectivity index is 2.81. The zero-order valence-corrected chi connectivity index (χ0v) is 10.7. The molecule has 0 spiro atoms. The molecule has 1 amide bonds. The van der Waals surface area contributed by atoms with Crippen molar-refractivity contribution in [2.75, 3.05) is 25.0 Å². The summed E-state index contributed by atoms with van der Waals surface area (Å²) in [7, 11) is 0. The van der Waals surface area contributed by atoms with Gasteiger partial charge in [-0.15, -0.1) is 0 Å². The molecule has 1 N–H and O–H groups in total. The van der Waals surface area contributed by atoms with Crippen LogP contribution in [0.25, 0.3) is 0 Å². The van der Waals surface area contributed by atoms with Crippen LogP contribution in [0.4, 0.5) is 5.82 Å². The van der Waals surface area contributed by atoms with Crippen molar-refractivity contribution in [3.63, 3.8) is 0 Å². The Morgan fingerprint density at radius 3 is 2.89 bits per heavy atom. The van der Waals surface area contributed by atoms with Crippen LogP contribution in [0.2, 0.25) is 0 Å². The lowest BCUT2D eigenvalue weighted by Crippen LogP contribution is -2.32. The zero-order chi connectivity index (χ0) is 13.4. The van der Waals surface area contributed by atoms with Crippen LogP contribution in [-0.2, 0) is 0 Å². The number of rotatable bonds is 6. The van der Waals surface area contributed by atoms with Crippen molar-refractivity contribution in [1.29, 1.82) is 5.26 Å². The molecule has 1 aromatic rings. The number of carbonyl (C=O) groups excluding carboxylic acids is 1. The highest BCUT2D eigenvalue weighted by atomic mass is 16.2. The van der Waals surface area contributed by atoms with Crippen LogP contribution in [0, 0.1) is 11.3 Å². The Morgan fingerprint density at radius 1 is 1.50 bits per heavy atom. The van der Waals surface area contributed by atoms with Crippen molar-refractivity contribution < 1.29 is 4.79 Å². The molecular formula is C12H17N5O. The minimum absolute atomic E-state index is 0.194. The van der Waals surface area contributed by atoms with Gasteiger partial charge < -0.3 is 10.2 Å². The Hall–Kier alpha value is -2.16. The number of amides is 1. The largest absolute Gasteiger partial charge is 0.369 e. The fraction of sp³-hybridized carbons (Fsp3) is 0.500. The van der Waals surface area contributed by atoms with E-state index in [1.807, 2.05) is 19.9 Å². The Bertz CT molecular complexity index is 440. The summed E-state index contributed by atoms with van der Waals surface area (Å²) in [5.74, 6) is 0.389. The monoisotopic (exact) mass is 247 g/mol. The van der Waals surface area contributed by atoms with Gasteiger partial charge >= 0.3 is 0 Å². The lowest BCUT2D eigenvalue weighted by Gasteiger charge is -2.18. The highest BCUT2D eigenvalue weighted by Gasteiger charge is 2.15. The van der Waals surface area contributed by atoms with Crippen LogP contribution >= 0.6 is 0 Å². The number of aromatic nitrogens is 2. The Kier molecular flexibility index (Phi) is 5.58. The molecule has 0 unspecified atom stereocenters. The first kappa shape index (κ1) is 13.9. The van der Waals surface area contributed by atoms with Gasteiger partial charge in [0, 0.05) is 19.6 Å². The van der Waals surface area contributed by atoms with E-state index >= 15 is 0 Å². The molecule has 18 heavy (non-hydrogen) atoms. The van der Waals surface area contributed by atoms with Gasteiger partial charge in [0.2, 0.25) is 0 Å².